The van der Waals surface area contributed by atoms with Crippen molar-refractivity contribution in [1.82, 2.24) is 4.90 Å². The zero-order valence-corrected chi connectivity index (χ0v) is 6.85. The van der Waals surface area contributed by atoms with Gasteiger partial charge in [-0.1, -0.05) is 12.2 Å². The van der Waals surface area contributed by atoms with E-state index in [0.717, 1.165) is 19.5 Å². The number of nitrogens with zero attached hydrogens (tertiary/aromatic N) is 1. The molecular formula is C9H15N. The molecular weight excluding hydrogens is 122 g/mol. The minimum atomic E-state index is 0.823. The number of terminal acetylenes is 1. The molecule has 0 aromatic rings. The van der Waals surface area contributed by atoms with E-state index >= 15 is 0 Å². The van der Waals surface area contributed by atoms with Crippen LogP contribution in [0.4, 0.5) is 0 Å². The summed E-state index contributed by atoms with van der Waals surface area (Å²) in [6, 6.07) is 0. The van der Waals surface area contributed by atoms with Gasteiger partial charge in [-0.3, -0.25) is 0 Å². The highest BCUT2D eigenvalue weighted by molar-refractivity contribution is 4.92. The Balaban J connectivity index is 3.36. The summed E-state index contributed by atoms with van der Waals surface area (Å²) < 4.78 is 0. The van der Waals surface area contributed by atoms with Gasteiger partial charge in [0.05, 0.1) is 0 Å². The summed E-state index contributed by atoms with van der Waals surface area (Å²) in [6.45, 7) is 7.74. The first kappa shape index (κ1) is 9.26. The number of hydrogen-bond donors (Lipinski definition) is 0. The van der Waals surface area contributed by atoms with Gasteiger partial charge in [0.1, 0.15) is 0 Å². The minimum Gasteiger partial charge on any atom is -0.302 e. The molecule has 0 fully saturated rings. The Bertz CT molecular complexity index is 141. The van der Waals surface area contributed by atoms with Crippen LogP contribution in [0.3, 0.4) is 0 Å². The molecule has 0 saturated heterocycles. The zero-order chi connectivity index (χ0) is 7.98. The highest BCUT2D eigenvalue weighted by Crippen LogP contribution is 1.92. The third kappa shape index (κ3) is 5.40. The largest absolute Gasteiger partial charge is 0.302 e. The van der Waals surface area contributed by atoms with Crippen LogP contribution in [0.1, 0.15) is 13.3 Å². The van der Waals surface area contributed by atoms with E-state index in [-0.39, 0.29) is 0 Å². The number of rotatable bonds is 4. The molecule has 0 atom stereocenters. The minimum absolute atomic E-state index is 0.823. The molecule has 1 nitrogen and oxygen atoms in total. The summed E-state index contributed by atoms with van der Waals surface area (Å²) in [4.78, 5) is 2.17. The van der Waals surface area contributed by atoms with Crippen LogP contribution in [0, 0.1) is 12.3 Å². The molecule has 0 aromatic heterocycles. The maximum atomic E-state index is 5.11. The smallest absolute Gasteiger partial charge is 0.0214 e. The molecule has 0 rings (SSSR count). The van der Waals surface area contributed by atoms with Crippen LogP contribution >= 0.6 is 0 Å². The lowest BCUT2D eigenvalue weighted by Crippen LogP contribution is -2.20. The highest BCUT2D eigenvalue weighted by Gasteiger charge is 1.94. The number of likely N-dealkylation sites (N-methyl/N-ethyl adjacent to an activating group) is 1. The van der Waals surface area contributed by atoms with Gasteiger partial charge in [0.25, 0.3) is 0 Å². The van der Waals surface area contributed by atoms with Gasteiger partial charge in [-0.15, -0.1) is 12.3 Å². The van der Waals surface area contributed by atoms with Crippen molar-refractivity contribution < 1.29 is 0 Å². The van der Waals surface area contributed by atoms with Crippen molar-refractivity contribution in [2.75, 3.05) is 20.1 Å². The maximum absolute atomic E-state index is 5.11. The Labute approximate surface area is 63.7 Å². The van der Waals surface area contributed by atoms with E-state index in [4.69, 9.17) is 6.42 Å². The molecule has 0 spiro atoms. The average molecular weight is 137 g/mol. The molecule has 10 heavy (non-hydrogen) atoms. The molecule has 0 unspecified atom stereocenters. The molecule has 0 N–H and O–H groups in total. The second-order valence-electron chi connectivity index (χ2n) is 2.65. The van der Waals surface area contributed by atoms with Crippen molar-refractivity contribution in [3.8, 4) is 12.3 Å². The molecule has 0 amide bonds. The Morgan fingerprint density at radius 2 is 2.30 bits per heavy atom. The van der Waals surface area contributed by atoms with Crippen LogP contribution < -0.4 is 0 Å². The first-order chi connectivity index (χ1) is 4.66. The topological polar surface area (TPSA) is 3.24 Å². The predicted octanol–water partition coefficient (Wildman–Crippen LogP) is 1.52. The predicted molar refractivity (Wildman–Crippen MR) is 45.8 cm³/mol. The lowest BCUT2D eigenvalue weighted by Gasteiger charge is -2.13. The van der Waals surface area contributed by atoms with E-state index < -0.39 is 0 Å². The first-order valence-corrected chi connectivity index (χ1v) is 3.43. The van der Waals surface area contributed by atoms with Crippen molar-refractivity contribution >= 4 is 0 Å². The third-order valence-electron chi connectivity index (χ3n) is 1.18. The van der Waals surface area contributed by atoms with E-state index in [1.807, 2.05) is 14.0 Å². The van der Waals surface area contributed by atoms with E-state index in [0.29, 0.717) is 0 Å². The zero-order valence-electron chi connectivity index (χ0n) is 6.85. The van der Waals surface area contributed by atoms with Gasteiger partial charge in [-0.25, -0.2) is 0 Å². The standard InChI is InChI=1S/C9H15N/c1-5-6-7-10(4)8-9(2)3/h1H,2,6-8H2,3-4H3. The molecule has 0 saturated carbocycles. The van der Waals surface area contributed by atoms with Crippen molar-refractivity contribution in [1.29, 1.82) is 0 Å². The quantitative estimate of drug-likeness (QED) is 0.419. The lowest BCUT2D eigenvalue weighted by molar-refractivity contribution is 0.372. The second kappa shape index (κ2) is 5.08. The molecule has 1 heteroatoms. The third-order valence-corrected chi connectivity index (χ3v) is 1.18. The Hall–Kier alpha value is -0.740. The van der Waals surface area contributed by atoms with Crippen LogP contribution in [0.15, 0.2) is 12.2 Å². The summed E-state index contributed by atoms with van der Waals surface area (Å²) in [6.07, 6.45) is 5.93. The van der Waals surface area contributed by atoms with Gasteiger partial charge >= 0.3 is 0 Å². The molecule has 0 bridgehead atoms. The summed E-state index contributed by atoms with van der Waals surface area (Å²) >= 11 is 0. The van der Waals surface area contributed by atoms with Crippen molar-refractivity contribution in [3.63, 3.8) is 0 Å². The molecule has 0 aliphatic heterocycles. The second-order valence-corrected chi connectivity index (χ2v) is 2.65. The lowest BCUT2D eigenvalue weighted by atomic mass is 10.3. The maximum Gasteiger partial charge on any atom is 0.0214 e. The van der Waals surface area contributed by atoms with Crippen LogP contribution in [0.25, 0.3) is 0 Å². The van der Waals surface area contributed by atoms with Crippen LogP contribution in [-0.2, 0) is 0 Å². The van der Waals surface area contributed by atoms with E-state index in [1.54, 1.807) is 0 Å². The molecule has 0 radical (unpaired) electrons. The highest BCUT2D eigenvalue weighted by atomic mass is 15.1. The van der Waals surface area contributed by atoms with Gasteiger partial charge in [0.15, 0.2) is 0 Å². The van der Waals surface area contributed by atoms with Crippen LogP contribution in [0.2, 0.25) is 0 Å². The van der Waals surface area contributed by atoms with Gasteiger partial charge in [0, 0.05) is 19.5 Å². The van der Waals surface area contributed by atoms with Crippen molar-refractivity contribution in [2.24, 2.45) is 0 Å². The Morgan fingerprint density at radius 3 is 2.70 bits per heavy atom. The van der Waals surface area contributed by atoms with Gasteiger partial charge in [0.2, 0.25) is 0 Å². The van der Waals surface area contributed by atoms with Crippen LogP contribution in [0.5, 0.6) is 0 Å². The van der Waals surface area contributed by atoms with Gasteiger partial charge in [-0.05, 0) is 14.0 Å². The monoisotopic (exact) mass is 137 g/mol. The van der Waals surface area contributed by atoms with Crippen molar-refractivity contribution in [3.05, 3.63) is 12.2 Å². The molecule has 0 heterocycles. The Morgan fingerprint density at radius 1 is 1.70 bits per heavy atom. The normalized spacial score (nSPS) is 9.40. The molecule has 0 aromatic carbocycles. The van der Waals surface area contributed by atoms with Crippen LogP contribution in [-0.4, -0.2) is 25.0 Å². The van der Waals surface area contributed by atoms with E-state index in [9.17, 15) is 0 Å². The summed E-state index contributed by atoms with van der Waals surface area (Å²) in [5, 5.41) is 0. The fourth-order valence-electron chi connectivity index (χ4n) is 0.795. The Kier molecular flexibility index (Phi) is 4.70. The molecule has 56 valence electrons. The SMILES string of the molecule is C#CCCN(C)CC(=C)C. The fourth-order valence-corrected chi connectivity index (χ4v) is 0.795. The van der Waals surface area contributed by atoms with E-state index in [1.165, 1.54) is 5.57 Å². The van der Waals surface area contributed by atoms with Crippen molar-refractivity contribution in [2.45, 2.75) is 13.3 Å². The molecule has 0 aliphatic carbocycles. The number of hydrogen-bond acceptors (Lipinski definition) is 1. The van der Waals surface area contributed by atoms with E-state index in [2.05, 4.69) is 17.4 Å². The summed E-state index contributed by atoms with van der Waals surface area (Å²) in [5.74, 6) is 2.60. The average Bonchev–Trinajstić information content (AvgIpc) is 1.82. The first-order valence-electron chi connectivity index (χ1n) is 3.43. The molecule has 0 aliphatic rings. The van der Waals surface area contributed by atoms with Gasteiger partial charge in [-0.2, -0.15) is 0 Å². The summed E-state index contributed by atoms with van der Waals surface area (Å²) in [5.41, 5.74) is 1.18. The summed E-state index contributed by atoms with van der Waals surface area (Å²) in [7, 11) is 2.05. The fraction of sp³-hybridized carbons (Fsp3) is 0.556. The van der Waals surface area contributed by atoms with Gasteiger partial charge < -0.3 is 4.90 Å².